The van der Waals surface area contributed by atoms with Gasteiger partial charge in [0.05, 0.1) is 12.0 Å². The summed E-state index contributed by atoms with van der Waals surface area (Å²) in [6.45, 7) is -3.30. The standard InChI is InChI=1S/C9H6BrF2NO5/c1-17-8(14)6-4(10)2-3-5(13(15)16)7(6)18-9(11)12/h2-3,9H,1H3. The van der Waals surface area contributed by atoms with Crippen molar-refractivity contribution in [2.75, 3.05) is 7.11 Å². The number of alkyl halides is 2. The molecular formula is C9H6BrF2NO5. The first-order chi connectivity index (χ1) is 8.38. The van der Waals surface area contributed by atoms with E-state index in [0.717, 1.165) is 13.2 Å². The van der Waals surface area contributed by atoms with Gasteiger partial charge >= 0.3 is 18.3 Å². The molecule has 0 aliphatic heterocycles. The highest BCUT2D eigenvalue weighted by Gasteiger charge is 2.28. The number of nitrogens with zero attached hydrogens (tertiary/aromatic N) is 1. The van der Waals surface area contributed by atoms with Gasteiger partial charge in [0, 0.05) is 10.5 Å². The Morgan fingerprint density at radius 3 is 2.56 bits per heavy atom. The third-order valence-corrected chi connectivity index (χ3v) is 2.54. The summed E-state index contributed by atoms with van der Waals surface area (Å²) in [6, 6.07) is 2.11. The van der Waals surface area contributed by atoms with Gasteiger partial charge in [-0.2, -0.15) is 8.78 Å². The zero-order valence-electron chi connectivity index (χ0n) is 8.85. The molecule has 0 heterocycles. The molecule has 0 spiro atoms. The molecule has 18 heavy (non-hydrogen) atoms. The van der Waals surface area contributed by atoms with Crippen molar-refractivity contribution in [3.8, 4) is 5.75 Å². The van der Waals surface area contributed by atoms with Crippen molar-refractivity contribution >= 4 is 27.6 Å². The van der Waals surface area contributed by atoms with E-state index in [0.29, 0.717) is 0 Å². The molecule has 1 aromatic carbocycles. The first-order valence-corrected chi connectivity index (χ1v) is 5.17. The zero-order chi connectivity index (χ0) is 13.9. The van der Waals surface area contributed by atoms with Crippen LogP contribution in [0.2, 0.25) is 0 Å². The summed E-state index contributed by atoms with van der Waals surface area (Å²) in [4.78, 5) is 21.2. The summed E-state index contributed by atoms with van der Waals surface area (Å²) in [5.74, 6) is -1.86. The highest BCUT2D eigenvalue weighted by molar-refractivity contribution is 9.10. The number of nitro groups is 1. The molecule has 0 saturated heterocycles. The summed E-state index contributed by atoms with van der Waals surface area (Å²) < 4.78 is 32.9. The molecule has 0 aliphatic carbocycles. The summed E-state index contributed by atoms with van der Waals surface area (Å²) in [5.41, 5.74) is -1.22. The molecule has 0 bridgehead atoms. The van der Waals surface area contributed by atoms with Gasteiger partial charge in [0.2, 0.25) is 5.75 Å². The maximum atomic E-state index is 12.2. The van der Waals surface area contributed by atoms with Crippen LogP contribution in [0.15, 0.2) is 16.6 Å². The van der Waals surface area contributed by atoms with Gasteiger partial charge in [0.1, 0.15) is 5.56 Å². The fraction of sp³-hybridized carbons (Fsp3) is 0.222. The predicted octanol–water partition coefficient (Wildman–Crippen LogP) is 2.75. The molecule has 0 radical (unpaired) electrons. The second-order valence-corrected chi connectivity index (χ2v) is 3.75. The molecule has 1 aromatic rings. The van der Waals surface area contributed by atoms with Crippen LogP contribution in [0.1, 0.15) is 10.4 Å². The van der Waals surface area contributed by atoms with E-state index in [4.69, 9.17) is 0 Å². The molecule has 0 unspecified atom stereocenters. The van der Waals surface area contributed by atoms with Gasteiger partial charge < -0.3 is 9.47 Å². The average Bonchev–Trinajstić information content (AvgIpc) is 2.27. The van der Waals surface area contributed by atoms with Crippen LogP contribution in [0.3, 0.4) is 0 Å². The number of hydrogen-bond donors (Lipinski definition) is 0. The van der Waals surface area contributed by atoms with Gasteiger partial charge in [-0.05, 0) is 22.0 Å². The fourth-order valence-electron chi connectivity index (χ4n) is 1.19. The molecule has 0 N–H and O–H groups in total. The lowest BCUT2D eigenvalue weighted by molar-refractivity contribution is -0.386. The van der Waals surface area contributed by atoms with Gasteiger partial charge in [-0.1, -0.05) is 0 Å². The van der Waals surface area contributed by atoms with Gasteiger partial charge in [-0.25, -0.2) is 4.79 Å². The third-order valence-electron chi connectivity index (χ3n) is 1.88. The summed E-state index contributed by atoms with van der Waals surface area (Å²) in [7, 11) is 1.01. The van der Waals surface area contributed by atoms with Crippen molar-refractivity contribution < 1.29 is 28.0 Å². The van der Waals surface area contributed by atoms with Gasteiger partial charge in [-0.15, -0.1) is 0 Å². The summed E-state index contributed by atoms with van der Waals surface area (Å²) in [5, 5.41) is 10.7. The molecule has 98 valence electrons. The molecule has 0 aromatic heterocycles. The van der Waals surface area contributed by atoms with Crippen LogP contribution < -0.4 is 4.74 Å². The van der Waals surface area contributed by atoms with Crippen molar-refractivity contribution in [1.82, 2.24) is 0 Å². The monoisotopic (exact) mass is 325 g/mol. The number of carbonyl (C=O) groups excluding carboxylic acids is 1. The van der Waals surface area contributed by atoms with Crippen molar-refractivity contribution in [2.24, 2.45) is 0 Å². The van der Waals surface area contributed by atoms with E-state index >= 15 is 0 Å². The Morgan fingerprint density at radius 2 is 2.11 bits per heavy atom. The van der Waals surface area contributed by atoms with Crippen LogP contribution >= 0.6 is 15.9 Å². The van der Waals surface area contributed by atoms with Gasteiger partial charge in [0.15, 0.2) is 0 Å². The average molecular weight is 326 g/mol. The molecule has 0 atom stereocenters. The summed E-state index contributed by atoms with van der Waals surface area (Å²) in [6.07, 6.45) is 0. The zero-order valence-corrected chi connectivity index (χ0v) is 10.4. The minimum absolute atomic E-state index is 0.0515. The van der Waals surface area contributed by atoms with Crippen molar-refractivity contribution in [3.05, 3.63) is 32.3 Å². The fourth-order valence-corrected chi connectivity index (χ4v) is 1.67. The van der Waals surface area contributed by atoms with Crippen LogP contribution in [0.5, 0.6) is 5.75 Å². The van der Waals surface area contributed by atoms with Gasteiger partial charge in [0.25, 0.3) is 0 Å². The third kappa shape index (κ3) is 2.92. The van der Waals surface area contributed by atoms with E-state index in [1.165, 1.54) is 6.07 Å². The van der Waals surface area contributed by atoms with Crippen LogP contribution in [0, 0.1) is 10.1 Å². The Bertz CT molecular complexity index is 494. The lowest BCUT2D eigenvalue weighted by atomic mass is 10.1. The normalized spacial score (nSPS) is 10.3. The topological polar surface area (TPSA) is 78.7 Å². The lowest BCUT2D eigenvalue weighted by Crippen LogP contribution is -2.12. The molecular weight excluding hydrogens is 320 g/mol. The molecule has 1 rings (SSSR count). The van der Waals surface area contributed by atoms with Gasteiger partial charge in [-0.3, -0.25) is 10.1 Å². The predicted molar refractivity (Wildman–Crippen MR) is 58.8 cm³/mol. The first kappa shape index (κ1) is 14.3. The largest absolute Gasteiger partial charge is 0.465 e. The van der Waals surface area contributed by atoms with E-state index in [1.807, 2.05) is 0 Å². The van der Waals surface area contributed by atoms with E-state index in [-0.39, 0.29) is 4.47 Å². The van der Waals surface area contributed by atoms with E-state index in [2.05, 4.69) is 25.4 Å². The number of hydrogen-bond acceptors (Lipinski definition) is 5. The van der Waals surface area contributed by atoms with Crippen LogP contribution in [0.4, 0.5) is 14.5 Å². The van der Waals surface area contributed by atoms with Crippen LogP contribution in [-0.4, -0.2) is 24.6 Å². The number of methoxy groups -OCH3 is 1. The molecule has 0 saturated carbocycles. The number of halogens is 3. The first-order valence-electron chi connectivity index (χ1n) is 4.38. The maximum Gasteiger partial charge on any atom is 0.387 e. The molecule has 0 aliphatic rings. The number of nitro benzene ring substituents is 1. The number of ether oxygens (including phenoxy) is 2. The molecule has 0 amide bonds. The number of rotatable bonds is 4. The summed E-state index contributed by atoms with van der Waals surface area (Å²) >= 11 is 2.91. The smallest absolute Gasteiger partial charge is 0.387 e. The Morgan fingerprint density at radius 1 is 1.50 bits per heavy atom. The number of carbonyl (C=O) groups is 1. The molecule has 9 heteroatoms. The minimum Gasteiger partial charge on any atom is -0.465 e. The molecule has 6 nitrogen and oxygen atoms in total. The Hall–Kier alpha value is -1.77. The Kier molecular flexibility index (Phi) is 4.54. The van der Waals surface area contributed by atoms with Crippen LogP contribution in [0.25, 0.3) is 0 Å². The van der Waals surface area contributed by atoms with Crippen molar-refractivity contribution in [3.63, 3.8) is 0 Å². The highest BCUT2D eigenvalue weighted by Crippen LogP contribution is 2.37. The number of benzene rings is 1. The van der Waals surface area contributed by atoms with Crippen molar-refractivity contribution in [2.45, 2.75) is 6.61 Å². The van der Waals surface area contributed by atoms with E-state index in [9.17, 15) is 23.7 Å². The van der Waals surface area contributed by atoms with Crippen molar-refractivity contribution in [1.29, 1.82) is 0 Å². The second-order valence-electron chi connectivity index (χ2n) is 2.90. The SMILES string of the molecule is COC(=O)c1c(Br)ccc([N+](=O)[O-])c1OC(F)F. The second kappa shape index (κ2) is 5.71. The minimum atomic E-state index is -3.30. The van der Waals surface area contributed by atoms with E-state index in [1.54, 1.807) is 0 Å². The lowest BCUT2D eigenvalue weighted by Gasteiger charge is -2.10. The quantitative estimate of drug-likeness (QED) is 0.483. The maximum absolute atomic E-state index is 12.2. The molecule has 0 fully saturated rings. The number of esters is 1. The Balaban J connectivity index is 3.49. The van der Waals surface area contributed by atoms with Crippen LogP contribution in [-0.2, 0) is 4.74 Å². The van der Waals surface area contributed by atoms with E-state index < -0.39 is 34.5 Å². The highest BCUT2D eigenvalue weighted by atomic mass is 79.9. The Labute approximate surface area is 108 Å².